The molecule has 1 unspecified atom stereocenters. The Bertz CT molecular complexity index is 490. The van der Waals surface area contributed by atoms with Crippen LogP contribution in [0.15, 0.2) is 14.1 Å². The number of hydrogen-bond acceptors (Lipinski definition) is 4. The van der Waals surface area contributed by atoms with Crippen molar-refractivity contribution in [1.29, 1.82) is 0 Å². The van der Waals surface area contributed by atoms with Gasteiger partial charge in [-0.3, -0.25) is 4.21 Å². The average molecular weight is 360 g/mol. The van der Waals surface area contributed by atoms with Gasteiger partial charge in [-0.15, -0.1) is 11.3 Å². The van der Waals surface area contributed by atoms with E-state index in [-0.39, 0.29) is 10.8 Å². The molecule has 0 amide bonds. The first kappa shape index (κ1) is 15.3. The first-order valence-electron chi connectivity index (χ1n) is 4.97. The van der Waals surface area contributed by atoms with Gasteiger partial charge in [0.15, 0.2) is 0 Å². The normalized spacial score (nSPS) is 13.8. The van der Waals surface area contributed by atoms with Gasteiger partial charge >= 0.3 is 0 Å². The van der Waals surface area contributed by atoms with E-state index in [9.17, 15) is 12.6 Å². The lowest BCUT2D eigenvalue weighted by Gasteiger charge is -2.03. The van der Waals surface area contributed by atoms with Gasteiger partial charge in [-0.1, -0.05) is 6.92 Å². The molecule has 4 nitrogen and oxygen atoms in total. The third-order valence-corrected chi connectivity index (χ3v) is 7.42. The lowest BCUT2D eigenvalue weighted by Crippen LogP contribution is -2.27. The number of hydrogen-bond donors (Lipinski definition) is 1. The molecule has 0 saturated carbocycles. The minimum atomic E-state index is -3.46. The lowest BCUT2D eigenvalue weighted by molar-refractivity contribution is 0.586. The van der Waals surface area contributed by atoms with Crippen molar-refractivity contribution in [2.24, 2.45) is 0 Å². The molecule has 8 heteroatoms. The summed E-state index contributed by atoms with van der Waals surface area (Å²) in [5.74, 6) is 0.895. The zero-order valence-electron chi connectivity index (χ0n) is 9.53. The standard InChI is InChI=1S/C9H14BrNO3S3/c1-3-16(12)5-4-11-17(13,14)8-6-7(2)9(10)15-8/h6,11H,3-5H2,1-2H3. The zero-order chi connectivity index (χ0) is 13.1. The van der Waals surface area contributed by atoms with Crippen molar-refractivity contribution < 1.29 is 12.6 Å². The van der Waals surface area contributed by atoms with Crippen LogP contribution in [0.25, 0.3) is 0 Å². The Balaban J connectivity index is 2.66. The highest BCUT2D eigenvalue weighted by atomic mass is 79.9. The van der Waals surface area contributed by atoms with Crippen molar-refractivity contribution in [1.82, 2.24) is 4.72 Å². The topological polar surface area (TPSA) is 63.2 Å². The van der Waals surface area contributed by atoms with Gasteiger partial charge in [-0.2, -0.15) is 0 Å². The molecule has 0 spiro atoms. The first-order valence-corrected chi connectivity index (χ1v) is 9.55. The molecule has 1 rings (SSSR count). The van der Waals surface area contributed by atoms with Crippen LogP contribution in [0.3, 0.4) is 0 Å². The molecule has 0 radical (unpaired) electrons. The van der Waals surface area contributed by atoms with Gasteiger partial charge in [0.1, 0.15) is 4.21 Å². The van der Waals surface area contributed by atoms with Crippen LogP contribution in [-0.4, -0.2) is 30.7 Å². The van der Waals surface area contributed by atoms with Gasteiger partial charge in [0.2, 0.25) is 10.0 Å². The van der Waals surface area contributed by atoms with E-state index in [0.29, 0.717) is 11.5 Å². The summed E-state index contributed by atoms with van der Waals surface area (Å²) >= 11 is 4.47. The summed E-state index contributed by atoms with van der Waals surface area (Å²) in [5, 5.41) is 0. The van der Waals surface area contributed by atoms with E-state index in [2.05, 4.69) is 20.7 Å². The van der Waals surface area contributed by atoms with Crippen LogP contribution in [0, 0.1) is 6.92 Å². The Morgan fingerprint density at radius 1 is 1.53 bits per heavy atom. The summed E-state index contributed by atoms with van der Waals surface area (Å²) in [6, 6.07) is 1.62. The molecule has 0 aromatic carbocycles. The van der Waals surface area contributed by atoms with Crippen LogP contribution in [0.1, 0.15) is 12.5 Å². The molecule has 0 saturated heterocycles. The second-order valence-corrected chi connectivity index (χ2v) is 9.58. The summed E-state index contributed by atoms with van der Waals surface area (Å²) < 4.78 is 38.4. The second kappa shape index (κ2) is 6.42. The molecule has 98 valence electrons. The number of rotatable bonds is 6. The summed E-state index contributed by atoms with van der Waals surface area (Å²) in [6.45, 7) is 3.85. The van der Waals surface area contributed by atoms with Crippen molar-refractivity contribution in [2.45, 2.75) is 18.1 Å². The molecule has 0 aliphatic carbocycles. The fraction of sp³-hybridized carbons (Fsp3) is 0.556. The summed E-state index contributed by atoms with van der Waals surface area (Å²) in [5.41, 5.74) is 0.896. The van der Waals surface area contributed by atoms with E-state index in [4.69, 9.17) is 0 Å². The molecule has 0 aliphatic rings. The average Bonchev–Trinajstić information content (AvgIpc) is 2.59. The fourth-order valence-electron chi connectivity index (χ4n) is 1.07. The van der Waals surface area contributed by atoms with E-state index in [1.165, 1.54) is 11.3 Å². The molecule has 0 bridgehead atoms. The number of aryl methyl sites for hydroxylation is 1. The van der Waals surface area contributed by atoms with Gasteiger partial charge in [0.25, 0.3) is 0 Å². The third-order valence-electron chi connectivity index (χ3n) is 2.04. The van der Waals surface area contributed by atoms with E-state index in [0.717, 1.165) is 9.35 Å². The van der Waals surface area contributed by atoms with E-state index in [1.54, 1.807) is 6.07 Å². The smallest absolute Gasteiger partial charge is 0.250 e. The quantitative estimate of drug-likeness (QED) is 0.842. The highest BCUT2D eigenvalue weighted by Crippen LogP contribution is 2.30. The number of sulfonamides is 1. The zero-order valence-corrected chi connectivity index (χ0v) is 13.6. The number of halogens is 1. The second-order valence-electron chi connectivity index (χ2n) is 3.35. The molecule has 0 fully saturated rings. The minimum absolute atomic E-state index is 0.206. The van der Waals surface area contributed by atoms with Crippen molar-refractivity contribution in [3.63, 3.8) is 0 Å². The van der Waals surface area contributed by atoms with Gasteiger partial charge in [-0.25, -0.2) is 13.1 Å². The molecule has 0 aliphatic heterocycles. The molecule has 1 atom stereocenters. The summed E-state index contributed by atoms with van der Waals surface area (Å²) in [6.07, 6.45) is 0. The van der Waals surface area contributed by atoms with Crippen LogP contribution in [0.4, 0.5) is 0 Å². The van der Waals surface area contributed by atoms with Crippen molar-refractivity contribution in [3.8, 4) is 0 Å². The maximum Gasteiger partial charge on any atom is 0.250 e. The van der Waals surface area contributed by atoms with E-state index < -0.39 is 20.8 Å². The van der Waals surface area contributed by atoms with Crippen molar-refractivity contribution in [3.05, 3.63) is 15.4 Å². The Morgan fingerprint density at radius 2 is 2.18 bits per heavy atom. The number of thiophene rings is 1. The van der Waals surface area contributed by atoms with Gasteiger partial charge < -0.3 is 0 Å². The molecular weight excluding hydrogens is 346 g/mol. The Morgan fingerprint density at radius 3 is 2.65 bits per heavy atom. The predicted molar refractivity (Wildman–Crippen MR) is 75.5 cm³/mol. The highest BCUT2D eigenvalue weighted by Gasteiger charge is 2.17. The van der Waals surface area contributed by atoms with Crippen molar-refractivity contribution >= 4 is 48.1 Å². The summed E-state index contributed by atoms with van der Waals surface area (Å²) in [7, 11) is -4.41. The maximum atomic E-state index is 11.8. The van der Waals surface area contributed by atoms with Crippen LogP contribution >= 0.6 is 27.3 Å². The lowest BCUT2D eigenvalue weighted by atomic mass is 10.4. The SMILES string of the molecule is CCS(=O)CCNS(=O)(=O)c1cc(C)c(Br)s1. The number of nitrogens with one attached hydrogen (secondary N) is 1. The first-order chi connectivity index (χ1) is 7.86. The van der Waals surface area contributed by atoms with Gasteiger partial charge in [0, 0.05) is 28.9 Å². The predicted octanol–water partition coefficient (Wildman–Crippen LogP) is 1.87. The molecule has 17 heavy (non-hydrogen) atoms. The Labute approximate surface area is 116 Å². The highest BCUT2D eigenvalue weighted by molar-refractivity contribution is 9.11. The molecule has 1 aromatic rings. The fourth-order valence-corrected chi connectivity index (χ4v) is 5.12. The van der Waals surface area contributed by atoms with Crippen LogP contribution in [0.5, 0.6) is 0 Å². The molecule has 1 heterocycles. The minimum Gasteiger partial charge on any atom is -0.260 e. The van der Waals surface area contributed by atoms with Gasteiger partial charge in [-0.05, 0) is 34.5 Å². The largest absolute Gasteiger partial charge is 0.260 e. The maximum absolute atomic E-state index is 11.8. The van der Waals surface area contributed by atoms with Gasteiger partial charge in [0.05, 0.1) is 3.79 Å². The third kappa shape index (κ3) is 4.44. The van der Waals surface area contributed by atoms with E-state index >= 15 is 0 Å². The summed E-state index contributed by atoms with van der Waals surface area (Å²) in [4.78, 5) is 0. The Kier molecular flexibility index (Phi) is 5.78. The van der Waals surface area contributed by atoms with Crippen LogP contribution < -0.4 is 4.72 Å². The van der Waals surface area contributed by atoms with Crippen LogP contribution in [0.2, 0.25) is 0 Å². The molecule has 1 aromatic heterocycles. The van der Waals surface area contributed by atoms with Crippen LogP contribution in [-0.2, 0) is 20.8 Å². The monoisotopic (exact) mass is 359 g/mol. The van der Waals surface area contributed by atoms with Crippen molar-refractivity contribution in [2.75, 3.05) is 18.1 Å². The Hall–Kier alpha value is 0.240. The molecular formula is C9H14BrNO3S3. The van der Waals surface area contributed by atoms with E-state index in [1.807, 2.05) is 13.8 Å². The molecule has 1 N–H and O–H groups in total.